The predicted octanol–water partition coefficient (Wildman–Crippen LogP) is 4.24. The fraction of sp³-hybridized carbons (Fsp3) is 0.200. The van der Waals surface area contributed by atoms with E-state index in [9.17, 15) is 0 Å². The average molecular weight is 444 g/mol. The monoisotopic (exact) mass is 443 g/mol. The van der Waals surface area contributed by atoms with Gasteiger partial charge in [0.2, 0.25) is 0 Å². The van der Waals surface area contributed by atoms with Crippen molar-refractivity contribution < 1.29 is 9.47 Å². The number of hydrogen-bond acceptors (Lipinski definition) is 7. The van der Waals surface area contributed by atoms with Crippen LogP contribution in [0.2, 0.25) is 0 Å². The lowest BCUT2D eigenvalue weighted by Crippen LogP contribution is -2.10. The van der Waals surface area contributed by atoms with Crippen molar-refractivity contribution in [2.45, 2.75) is 6.42 Å². The summed E-state index contributed by atoms with van der Waals surface area (Å²) in [6.45, 7) is 0.661. The Morgan fingerprint density at radius 3 is 2.39 bits per heavy atom. The first kappa shape index (κ1) is 19.8. The summed E-state index contributed by atoms with van der Waals surface area (Å²) in [5.41, 5.74) is 8.71. The second-order valence-corrected chi connectivity index (χ2v) is 6.90. The molecule has 1 aromatic heterocycles. The molecule has 0 saturated carbocycles. The number of nitrogens with two attached hydrogens (primary N) is 1. The summed E-state index contributed by atoms with van der Waals surface area (Å²) in [6, 6.07) is 13.6. The van der Waals surface area contributed by atoms with Crippen LogP contribution in [0.25, 0.3) is 0 Å². The fourth-order valence-corrected chi connectivity index (χ4v) is 2.93. The van der Waals surface area contributed by atoms with E-state index in [-0.39, 0.29) is 0 Å². The molecule has 1 heterocycles. The Hall–Kier alpha value is -3.00. The van der Waals surface area contributed by atoms with Crippen molar-refractivity contribution in [3.8, 4) is 11.5 Å². The van der Waals surface area contributed by atoms with E-state index < -0.39 is 0 Å². The number of aromatic nitrogens is 2. The van der Waals surface area contributed by atoms with Crippen LogP contribution in [0.15, 0.2) is 53.3 Å². The molecule has 0 amide bonds. The molecule has 2 aromatic carbocycles. The number of nitrogens with one attached hydrogen (secondary N) is 2. The van der Waals surface area contributed by atoms with Crippen molar-refractivity contribution in [2.24, 2.45) is 0 Å². The minimum atomic E-state index is 0.470. The normalized spacial score (nSPS) is 10.4. The third-order valence-corrected chi connectivity index (χ3v) is 4.67. The molecule has 0 aliphatic rings. The summed E-state index contributed by atoms with van der Waals surface area (Å²) >= 11 is 3.42. The van der Waals surface area contributed by atoms with Crippen LogP contribution >= 0.6 is 15.9 Å². The van der Waals surface area contributed by atoms with Crippen LogP contribution in [-0.4, -0.2) is 30.7 Å². The SMILES string of the molecule is COc1ccc(CCNc2ncnc(Nc3ccc(Br)cc3)c2N)cc1OC. The van der Waals surface area contributed by atoms with Crippen LogP contribution in [0.3, 0.4) is 0 Å². The van der Waals surface area contributed by atoms with Gasteiger partial charge in [0.05, 0.1) is 14.2 Å². The zero-order valence-corrected chi connectivity index (χ0v) is 17.3. The minimum absolute atomic E-state index is 0.470. The van der Waals surface area contributed by atoms with Crippen LogP contribution in [0.5, 0.6) is 11.5 Å². The Balaban J connectivity index is 1.64. The summed E-state index contributed by atoms with van der Waals surface area (Å²) < 4.78 is 11.6. The predicted molar refractivity (Wildman–Crippen MR) is 116 cm³/mol. The molecule has 0 unspecified atom stereocenters. The standard InChI is InChI=1S/C20H22BrN5O2/c1-27-16-8-3-13(11-17(16)28-2)9-10-23-19-18(22)20(25-12-24-19)26-15-6-4-14(21)5-7-15/h3-8,11-12H,9-10,22H2,1-2H3,(H2,23,24,25,26). The van der Waals surface area contributed by atoms with Gasteiger partial charge in [-0.15, -0.1) is 0 Å². The summed E-state index contributed by atoms with van der Waals surface area (Å²) in [6.07, 6.45) is 2.26. The van der Waals surface area contributed by atoms with Gasteiger partial charge in [0, 0.05) is 16.7 Å². The van der Waals surface area contributed by atoms with Crippen LogP contribution in [0.4, 0.5) is 23.0 Å². The molecule has 28 heavy (non-hydrogen) atoms. The molecular weight excluding hydrogens is 422 g/mol. The summed E-state index contributed by atoms with van der Waals surface area (Å²) in [4.78, 5) is 8.48. The fourth-order valence-electron chi connectivity index (χ4n) is 2.67. The Morgan fingerprint density at radius 1 is 0.964 bits per heavy atom. The molecule has 0 aliphatic heterocycles. The lowest BCUT2D eigenvalue weighted by molar-refractivity contribution is 0.354. The number of anilines is 4. The molecule has 3 aromatic rings. The number of rotatable bonds is 8. The van der Waals surface area contributed by atoms with Gasteiger partial charge in [-0.1, -0.05) is 22.0 Å². The van der Waals surface area contributed by atoms with E-state index in [0.29, 0.717) is 35.4 Å². The third-order valence-electron chi connectivity index (χ3n) is 4.14. The highest BCUT2D eigenvalue weighted by Crippen LogP contribution is 2.28. The molecule has 0 saturated heterocycles. The Labute approximate surface area is 172 Å². The lowest BCUT2D eigenvalue weighted by Gasteiger charge is -2.13. The van der Waals surface area contributed by atoms with Crippen molar-refractivity contribution >= 4 is 38.9 Å². The molecule has 0 bridgehead atoms. The first-order valence-electron chi connectivity index (χ1n) is 8.68. The van der Waals surface area contributed by atoms with Gasteiger partial charge >= 0.3 is 0 Å². The van der Waals surface area contributed by atoms with E-state index in [1.807, 2.05) is 42.5 Å². The summed E-state index contributed by atoms with van der Waals surface area (Å²) in [5.74, 6) is 2.58. The zero-order chi connectivity index (χ0) is 19.9. The second-order valence-electron chi connectivity index (χ2n) is 5.98. The van der Waals surface area contributed by atoms with Crippen LogP contribution < -0.4 is 25.8 Å². The van der Waals surface area contributed by atoms with Gasteiger partial charge in [-0.05, 0) is 48.4 Å². The molecular formula is C20H22BrN5O2. The molecule has 0 aliphatic carbocycles. The average Bonchev–Trinajstić information content (AvgIpc) is 2.72. The maximum Gasteiger partial charge on any atom is 0.160 e. The van der Waals surface area contributed by atoms with E-state index in [1.54, 1.807) is 14.2 Å². The number of benzene rings is 2. The van der Waals surface area contributed by atoms with Gasteiger partial charge < -0.3 is 25.8 Å². The van der Waals surface area contributed by atoms with Gasteiger partial charge in [-0.3, -0.25) is 0 Å². The van der Waals surface area contributed by atoms with Crippen LogP contribution in [0.1, 0.15) is 5.56 Å². The molecule has 3 rings (SSSR count). The van der Waals surface area contributed by atoms with Crippen molar-refractivity contribution in [3.63, 3.8) is 0 Å². The van der Waals surface area contributed by atoms with Crippen molar-refractivity contribution in [3.05, 3.63) is 58.8 Å². The molecule has 7 nitrogen and oxygen atoms in total. The number of nitrogen functional groups attached to an aromatic ring is 1. The second kappa shape index (κ2) is 9.27. The van der Waals surface area contributed by atoms with Gasteiger partial charge in [0.15, 0.2) is 23.1 Å². The largest absolute Gasteiger partial charge is 0.493 e. The van der Waals surface area contributed by atoms with Crippen molar-refractivity contribution in [2.75, 3.05) is 37.1 Å². The maximum atomic E-state index is 6.23. The Kier molecular flexibility index (Phi) is 6.54. The highest BCUT2D eigenvalue weighted by molar-refractivity contribution is 9.10. The number of ether oxygens (including phenoxy) is 2. The molecule has 0 radical (unpaired) electrons. The van der Waals surface area contributed by atoms with Crippen LogP contribution in [0, 0.1) is 0 Å². The summed E-state index contributed by atoms with van der Waals surface area (Å²) in [7, 11) is 3.25. The van der Waals surface area contributed by atoms with Crippen molar-refractivity contribution in [1.82, 2.24) is 9.97 Å². The van der Waals surface area contributed by atoms with E-state index in [4.69, 9.17) is 15.2 Å². The zero-order valence-electron chi connectivity index (χ0n) is 15.7. The van der Waals surface area contributed by atoms with E-state index in [0.717, 1.165) is 22.1 Å². The molecule has 8 heteroatoms. The number of halogens is 1. The first-order chi connectivity index (χ1) is 13.6. The Morgan fingerprint density at radius 2 is 1.68 bits per heavy atom. The van der Waals surface area contributed by atoms with Crippen LogP contribution in [-0.2, 0) is 6.42 Å². The highest BCUT2D eigenvalue weighted by Gasteiger charge is 2.09. The quantitative estimate of drug-likeness (QED) is 0.479. The van der Waals surface area contributed by atoms with Gasteiger partial charge in [-0.2, -0.15) is 0 Å². The topological polar surface area (TPSA) is 94.3 Å². The molecule has 0 fully saturated rings. The minimum Gasteiger partial charge on any atom is -0.493 e. The number of methoxy groups -OCH3 is 2. The van der Waals surface area contributed by atoms with Gasteiger partial charge in [0.25, 0.3) is 0 Å². The highest BCUT2D eigenvalue weighted by atomic mass is 79.9. The van der Waals surface area contributed by atoms with Crippen molar-refractivity contribution in [1.29, 1.82) is 0 Å². The lowest BCUT2D eigenvalue weighted by atomic mass is 10.1. The first-order valence-corrected chi connectivity index (χ1v) is 9.48. The number of hydrogen-bond donors (Lipinski definition) is 3. The molecule has 146 valence electrons. The van der Waals surface area contributed by atoms with E-state index in [2.05, 4.69) is 36.5 Å². The van der Waals surface area contributed by atoms with E-state index >= 15 is 0 Å². The van der Waals surface area contributed by atoms with Gasteiger partial charge in [0.1, 0.15) is 12.0 Å². The van der Waals surface area contributed by atoms with Gasteiger partial charge in [-0.25, -0.2) is 9.97 Å². The number of nitrogens with zero attached hydrogens (tertiary/aromatic N) is 2. The summed E-state index contributed by atoms with van der Waals surface area (Å²) in [5, 5.41) is 6.48. The smallest absolute Gasteiger partial charge is 0.160 e. The third kappa shape index (κ3) is 4.83. The molecule has 4 N–H and O–H groups in total. The Bertz CT molecular complexity index is 934. The maximum absolute atomic E-state index is 6.23. The van der Waals surface area contributed by atoms with E-state index in [1.165, 1.54) is 6.33 Å². The molecule has 0 atom stereocenters. The molecule has 0 spiro atoms.